The first-order valence-electron chi connectivity index (χ1n) is 17.4. The van der Waals surface area contributed by atoms with Crippen LogP contribution in [-0.4, -0.2) is 113 Å². The van der Waals surface area contributed by atoms with Gasteiger partial charge in [0.1, 0.15) is 22.9 Å². The third-order valence-corrected chi connectivity index (χ3v) is 13.1. The molecule has 1 aromatic heterocycles. The monoisotopic (exact) mass is 775 g/mol. The Morgan fingerprint density at radius 2 is 1.68 bits per heavy atom. The van der Waals surface area contributed by atoms with Crippen LogP contribution in [0, 0.1) is 5.92 Å². The van der Waals surface area contributed by atoms with Gasteiger partial charge in [0.15, 0.2) is 19.7 Å². The maximum absolute atomic E-state index is 14.7. The first-order valence-corrected chi connectivity index (χ1v) is 21.1. The molecule has 3 aliphatic rings. The number of carbonyl (C=O) groups excluding carboxylic acids is 5. The maximum atomic E-state index is 14.7. The van der Waals surface area contributed by atoms with Gasteiger partial charge in [-0.3, -0.25) is 24.0 Å². The number of hydrogen-bond acceptors (Lipinski definition) is 12. The van der Waals surface area contributed by atoms with E-state index in [-0.39, 0.29) is 47.2 Å². The van der Waals surface area contributed by atoms with Crippen LogP contribution < -0.4 is 11.1 Å². The van der Waals surface area contributed by atoms with Crippen molar-refractivity contribution in [1.82, 2.24) is 25.2 Å². The quantitative estimate of drug-likeness (QED) is 0.207. The molecule has 19 heteroatoms. The molecule has 1 aliphatic carbocycles. The molecule has 2 aromatic rings. The number of nitrogens with two attached hydrogens (primary N) is 1. The van der Waals surface area contributed by atoms with Crippen LogP contribution >= 0.6 is 0 Å². The summed E-state index contributed by atoms with van der Waals surface area (Å²) in [5.74, 6) is -5.88. The van der Waals surface area contributed by atoms with Crippen molar-refractivity contribution in [3.8, 4) is 0 Å². The van der Waals surface area contributed by atoms with E-state index in [1.165, 1.54) is 53.9 Å². The second kappa shape index (κ2) is 15.2. The van der Waals surface area contributed by atoms with Gasteiger partial charge < -0.3 is 21.1 Å². The summed E-state index contributed by atoms with van der Waals surface area (Å²) in [4.78, 5) is 73.2. The molecule has 53 heavy (non-hydrogen) atoms. The molecule has 2 aliphatic heterocycles. The number of likely N-dealkylation sites (tertiary alicyclic amines) is 1. The summed E-state index contributed by atoms with van der Waals surface area (Å²) < 4.78 is 49.9. The fourth-order valence-electron chi connectivity index (χ4n) is 7.31. The van der Waals surface area contributed by atoms with E-state index >= 15 is 0 Å². The molecule has 2 saturated heterocycles. The van der Waals surface area contributed by atoms with Crippen LogP contribution in [0.4, 0.5) is 0 Å². The minimum Gasteiger partial charge on any atom is -0.384 e. The molecule has 0 spiro atoms. The predicted molar refractivity (Wildman–Crippen MR) is 190 cm³/mol. The predicted octanol–water partition coefficient (Wildman–Crippen LogP) is 0.421. The van der Waals surface area contributed by atoms with Gasteiger partial charge in [-0.05, 0) is 63.3 Å². The van der Waals surface area contributed by atoms with E-state index < -0.39 is 96.7 Å². The minimum absolute atomic E-state index is 0.00445. The molecule has 4 N–H and O–H groups in total. The molecule has 1 aromatic carbocycles. The first kappa shape index (κ1) is 39.8. The summed E-state index contributed by atoms with van der Waals surface area (Å²) in [5.41, 5.74) is 2.20. The lowest BCUT2D eigenvalue weighted by Gasteiger charge is -2.37. The van der Waals surface area contributed by atoms with Gasteiger partial charge in [-0.15, -0.1) is 5.10 Å². The lowest BCUT2D eigenvalue weighted by atomic mass is 9.85. The molecule has 0 bridgehead atoms. The molecule has 288 valence electrons. The van der Waals surface area contributed by atoms with Gasteiger partial charge in [-0.2, -0.15) is 0 Å². The second-order valence-electron chi connectivity index (χ2n) is 14.8. The molecule has 2 atom stereocenters. The number of rotatable bonds is 11. The Balaban J connectivity index is 1.54. The molecule has 0 radical (unpaired) electrons. The van der Waals surface area contributed by atoms with E-state index in [1.54, 1.807) is 0 Å². The number of aromatic nitrogens is 3. The van der Waals surface area contributed by atoms with Crippen molar-refractivity contribution in [3.63, 3.8) is 0 Å². The van der Waals surface area contributed by atoms with Crippen LogP contribution in [0.15, 0.2) is 40.4 Å². The Morgan fingerprint density at radius 3 is 2.25 bits per heavy atom. The van der Waals surface area contributed by atoms with Gasteiger partial charge in [0.05, 0.1) is 34.3 Å². The Hall–Kier alpha value is -4.36. The molecule has 3 fully saturated rings. The number of Topliss-reactive ketones (excluding diaryl/α,β-unsaturated/α-hetero) is 1. The average Bonchev–Trinajstić information content (AvgIpc) is 3.77. The molecule has 0 unspecified atom stereocenters. The highest BCUT2D eigenvalue weighted by Gasteiger charge is 2.50. The summed E-state index contributed by atoms with van der Waals surface area (Å²) in [7, 11) is -7.10. The van der Waals surface area contributed by atoms with Crippen molar-refractivity contribution in [3.05, 3.63) is 41.7 Å². The zero-order valence-electron chi connectivity index (χ0n) is 29.9. The van der Waals surface area contributed by atoms with E-state index in [0.717, 1.165) is 38.4 Å². The van der Waals surface area contributed by atoms with Gasteiger partial charge in [-0.1, -0.05) is 37.3 Å². The third-order valence-electron chi connectivity index (χ3n) is 10.3. The van der Waals surface area contributed by atoms with Gasteiger partial charge in [-0.25, -0.2) is 26.5 Å². The molecule has 4 amide bonds. The van der Waals surface area contributed by atoms with E-state index in [1.807, 2.05) is 0 Å². The van der Waals surface area contributed by atoms with Crippen molar-refractivity contribution in [1.29, 1.82) is 0 Å². The van der Waals surface area contributed by atoms with Gasteiger partial charge >= 0.3 is 0 Å². The van der Waals surface area contributed by atoms with Gasteiger partial charge in [0, 0.05) is 24.8 Å². The number of amides is 4. The number of aliphatic hydroxyl groups is 1. The first-order chi connectivity index (χ1) is 24.7. The van der Waals surface area contributed by atoms with Crippen LogP contribution in [0.25, 0.3) is 0 Å². The van der Waals surface area contributed by atoms with Crippen molar-refractivity contribution in [2.45, 2.75) is 99.8 Å². The summed E-state index contributed by atoms with van der Waals surface area (Å²) >= 11 is 0. The van der Waals surface area contributed by atoms with Crippen molar-refractivity contribution in [2.24, 2.45) is 16.6 Å². The van der Waals surface area contributed by atoms with Crippen LogP contribution in [0.1, 0.15) is 93.7 Å². The van der Waals surface area contributed by atoms with Crippen LogP contribution in [-0.2, 0) is 44.5 Å². The summed E-state index contributed by atoms with van der Waals surface area (Å²) in [5, 5.41) is 21.5. The zero-order chi connectivity index (χ0) is 38.9. The SMILES string of the molecule is CC(C)(O)c1cnnn1[C@H]1C[C@@H](C(=O)NC2(C(=O)C(N)=O)CCS(=O)(=O)CC2)N(C(=O)/C(CC2CCCCC2)=N/C(=O)c2ccc(S(C)(=O)=O)cc2)C1. The van der Waals surface area contributed by atoms with Crippen LogP contribution in [0.5, 0.6) is 0 Å². The van der Waals surface area contributed by atoms with Gasteiger partial charge in [0.25, 0.3) is 17.7 Å². The van der Waals surface area contributed by atoms with Crippen molar-refractivity contribution >= 4 is 54.8 Å². The smallest absolute Gasteiger partial charge is 0.287 e. The second-order valence-corrected chi connectivity index (χ2v) is 19.1. The zero-order valence-corrected chi connectivity index (χ0v) is 31.5. The van der Waals surface area contributed by atoms with E-state index in [9.17, 15) is 45.9 Å². The Morgan fingerprint density at radius 1 is 1.06 bits per heavy atom. The number of aliphatic imine (C=N–C) groups is 1. The molecule has 5 rings (SSSR count). The topological polar surface area (TPSA) is 258 Å². The lowest BCUT2D eigenvalue weighted by Crippen LogP contribution is -2.64. The Labute approximate surface area is 307 Å². The average molecular weight is 776 g/mol. The highest BCUT2D eigenvalue weighted by molar-refractivity contribution is 7.91. The highest BCUT2D eigenvalue weighted by atomic mass is 32.2. The number of nitrogens with one attached hydrogen (secondary N) is 1. The molecular formula is C34H45N7O10S2. The number of hydrogen-bond donors (Lipinski definition) is 3. The fourth-order valence-corrected chi connectivity index (χ4v) is 9.46. The number of sulfone groups is 2. The Bertz CT molecular complexity index is 2020. The number of carbonyl (C=O) groups is 5. The van der Waals surface area contributed by atoms with Gasteiger partial charge in [0.2, 0.25) is 11.7 Å². The number of primary amides is 1. The number of benzene rings is 1. The molecule has 3 heterocycles. The van der Waals surface area contributed by atoms with E-state index in [4.69, 9.17) is 5.73 Å². The normalized spacial score (nSPS) is 22.3. The van der Waals surface area contributed by atoms with E-state index in [2.05, 4.69) is 20.6 Å². The summed E-state index contributed by atoms with van der Waals surface area (Å²) in [6, 6.07) is 3.07. The largest absolute Gasteiger partial charge is 0.384 e. The van der Waals surface area contributed by atoms with E-state index in [0.29, 0.717) is 0 Å². The van der Waals surface area contributed by atoms with Crippen molar-refractivity contribution in [2.75, 3.05) is 24.3 Å². The molecular weight excluding hydrogens is 731 g/mol. The molecule has 17 nitrogen and oxygen atoms in total. The Kier molecular flexibility index (Phi) is 11.4. The molecule has 1 saturated carbocycles. The van der Waals surface area contributed by atoms with Crippen molar-refractivity contribution < 1.29 is 45.9 Å². The fraction of sp³-hybridized carbons (Fsp3) is 0.588. The van der Waals surface area contributed by atoms with Crippen LogP contribution in [0.2, 0.25) is 0 Å². The standard InChI is InChI=1S/C34H45N7O10S2/c1-33(2,47)27-19-36-39-41(27)23-18-26(31(45)38-34(28(42)29(35)43)13-15-53(50,51)16-14-34)40(20-23)32(46)25(17-21-7-5-4-6-8-21)37-30(44)22-9-11-24(12-10-22)52(3,48)49/h9-12,19,21,23,26,47H,4-8,13-18,20H2,1-3H3,(H2,35,43)(H,38,45)/b37-25+/t23-,26-/m0/s1. The summed E-state index contributed by atoms with van der Waals surface area (Å²) in [6.45, 7) is 2.88. The highest BCUT2D eigenvalue weighted by Crippen LogP contribution is 2.34. The minimum atomic E-state index is -3.56. The third kappa shape index (κ3) is 9.06. The number of nitrogens with zero attached hydrogens (tertiary/aromatic N) is 5. The van der Waals surface area contributed by atoms with Crippen LogP contribution in [0.3, 0.4) is 0 Å². The summed E-state index contributed by atoms with van der Waals surface area (Å²) in [6.07, 6.45) is 6.02. The lowest BCUT2D eigenvalue weighted by molar-refractivity contribution is -0.143. The maximum Gasteiger partial charge on any atom is 0.287 e. The number of ketones is 1.